The first kappa shape index (κ1) is 22.0. The number of halogens is 1. The van der Waals surface area contributed by atoms with Gasteiger partial charge in [0.05, 0.1) is 16.3 Å². The van der Waals surface area contributed by atoms with E-state index in [1.807, 2.05) is 0 Å². The highest BCUT2D eigenvalue weighted by Crippen LogP contribution is 2.23. The molecule has 1 aliphatic rings. The number of carbonyl (C=O) groups excluding carboxylic acids is 1. The van der Waals surface area contributed by atoms with Crippen LogP contribution in [0.2, 0.25) is 0 Å². The Balaban J connectivity index is 1.58. The smallest absolute Gasteiger partial charge is 0.255 e. The Morgan fingerprint density at radius 3 is 2.50 bits per heavy atom. The van der Waals surface area contributed by atoms with Gasteiger partial charge < -0.3 is 5.32 Å². The zero-order chi connectivity index (χ0) is 22.7. The summed E-state index contributed by atoms with van der Waals surface area (Å²) in [5, 5.41) is 13.7. The third-order valence-corrected chi connectivity index (χ3v) is 7.26. The average Bonchev–Trinajstić information content (AvgIpc) is 3.03. The summed E-state index contributed by atoms with van der Waals surface area (Å²) in [6, 6.07) is 9.89. The summed E-state index contributed by atoms with van der Waals surface area (Å²) in [4.78, 5) is 12.9. The lowest BCUT2D eigenvalue weighted by atomic mass is 10.2. The first-order valence-electron chi connectivity index (χ1n) is 10.3. The average molecular weight is 459 g/mol. The summed E-state index contributed by atoms with van der Waals surface area (Å²) in [7, 11) is -3.71. The summed E-state index contributed by atoms with van der Waals surface area (Å²) >= 11 is 0. The van der Waals surface area contributed by atoms with Crippen molar-refractivity contribution in [1.82, 2.24) is 24.5 Å². The lowest BCUT2D eigenvalue weighted by molar-refractivity contribution is 0.102. The van der Waals surface area contributed by atoms with Crippen molar-refractivity contribution in [2.24, 2.45) is 0 Å². The van der Waals surface area contributed by atoms with Gasteiger partial charge in [0.15, 0.2) is 5.82 Å². The van der Waals surface area contributed by atoms with Crippen molar-refractivity contribution in [3.05, 3.63) is 59.7 Å². The maximum Gasteiger partial charge on any atom is 0.255 e. The molecule has 4 rings (SSSR count). The van der Waals surface area contributed by atoms with Crippen LogP contribution in [0.25, 0.3) is 5.69 Å². The van der Waals surface area contributed by atoms with E-state index in [2.05, 4.69) is 20.8 Å². The molecule has 1 amide bonds. The minimum Gasteiger partial charge on any atom is -0.319 e. The maximum atomic E-state index is 14.4. The summed E-state index contributed by atoms with van der Waals surface area (Å²) in [5.74, 6) is -0.760. The van der Waals surface area contributed by atoms with E-state index in [9.17, 15) is 17.6 Å². The number of sulfonamides is 1. The van der Waals surface area contributed by atoms with Crippen molar-refractivity contribution in [2.45, 2.75) is 37.5 Å². The Morgan fingerprint density at radius 1 is 1.06 bits per heavy atom. The molecule has 0 unspecified atom stereocenters. The molecule has 1 aliphatic heterocycles. The van der Waals surface area contributed by atoms with Crippen LogP contribution in [0.3, 0.4) is 0 Å². The predicted octanol–water partition coefficient (Wildman–Crippen LogP) is 2.93. The van der Waals surface area contributed by atoms with Crippen LogP contribution in [0.15, 0.2) is 47.4 Å². The van der Waals surface area contributed by atoms with E-state index in [1.54, 1.807) is 6.92 Å². The molecule has 0 saturated carbocycles. The second-order valence-electron chi connectivity index (χ2n) is 7.60. The molecule has 2 heterocycles. The molecule has 11 heteroatoms. The summed E-state index contributed by atoms with van der Waals surface area (Å²) in [6.45, 7) is 2.62. The number of hydrogen-bond acceptors (Lipinski definition) is 6. The molecule has 2 aromatic carbocycles. The third kappa shape index (κ3) is 4.53. The van der Waals surface area contributed by atoms with Crippen LogP contribution in [-0.4, -0.2) is 51.9 Å². The summed E-state index contributed by atoms with van der Waals surface area (Å²) in [6.07, 6.45) is 3.64. The van der Waals surface area contributed by atoms with E-state index in [1.165, 1.54) is 51.5 Å². The second kappa shape index (κ2) is 9.13. The Bertz CT molecular complexity index is 1240. The first-order valence-corrected chi connectivity index (χ1v) is 11.8. The molecular formula is C21H23FN6O3S. The van der Waals surface area contributed by atoms with Crippen molar-refractivity contribution in [3.8, 4) is 5.69 Å². The van der Waals surface area contributed by atoms with Gasteiger partial charge in [-0.3, -0.25) is 4.79 Å². The number of aromatic nitrogens is 4. The standard InChI is InChI=1S/C21H23FN6O3S/c1-15-24-25-26-28(15)17-9-10-19(22)20(14-17)23-21(29)16-7-6-8-18(13-16)32(30,31)27-11-4-2-3-5-12-27/h6-10,13-14H,2-5,11-12H2,1H3,(H,23,29). The zero-order valence-corrected chi connectivity index (χ0v) is 18.3. The van der Waals surface area contributed by atoms with Crippen LogP contribution in [0.4, 0.5) is 10.1 Å². The largest absolute Gasteiger partial charge is 0.319 e. The van der Waals surface area contributed by atoms with Crippen molar-refractivity contribution in [1.29, 1.82) is 0 Å². The molecule has 1 N–H and O–H groups in total. The Morgan fingerprint density at radius 2 is 1.81 bits per heavy atom. The fourth-order valence-electron chi connectivity index (χ4n) is 3.63. The summed E-state index contributed by atoms with van der Waals surface area (Å²) < 4.78 is 43.3. The molecule has 1 aromatic heterocycles. The van der Waals surface area contributed by atoms with Crippen LogP contribution >= 0.6 is 0 Å². The predicted molar refractivity (Wildman–Crippen MR) is 115 cm³/mol. The van der Waals surface area contributed by atoms with Crippen molar-refractivity contribution in [2.75, 3.05) is 18.4 Å². The molecule has 168 valence electrons. The van der Waals surface area contributed by atoms with Crippen molar-refractivity contribution >= 4 is 21.6 Å². The normalized spacial score (nSPS) is 15.3. The number of amides is 1. The van der Waals surface area contributed by atoms with Gasteiger partial charge in [0.25, 0.3) is 5.91 Å². The lowest BCUT2D eigenvalue weighted by Gasteiger charge is -2.20. The fraction of sp³-hybridized carbons (Fsp3) is 0.333. The fourth-order valence-corrected chi connectivity index (χ4v) is 5.20. The minimum absolute atomic E-state index is 0.0468. The monoisotopic (exact) mass is 458 g/mol. The van der Waals surface area contributed by atoms with Crippen LogP contribution < -0.4 is 5.32 Å². The number of carbonyl (C=O) groups is 1. The molecule has 0 bridgehead atoms. The molecule has 3 aromatic rings. The number of rotatable bonds is 5. The van der Waals surface area contributed by atoms with Crippen LogP contribution in [0.5, 0.6) is 0 Å². The van der Waals surface area contributed by atoms with E-state index in [0.717, 1.165) is 25.7 Å². The molecule has 9 nitrogen and oxygen atoms in total. The van der Waals surface area contributed by atoms with Gasteiger partial charge in [-0.15, -0.1) is 5.10 Å². The number of benzene rings is 2. The van der Waals surface area contributed by atoms with E-state index in [0.29, 0.717) is 24.6 Å². The van der Waals surface area contributed by atoms with E-state index in [-0.39, 0.29) is 16.1 Å². The van der Waals surface area contributed by atoms with Gasteiger partial charge in [-0.25, -0.2) is 12.8 Å². The molecule has 0 atom stereocenters. The summed E-state index contributed by atoms with van der Waals surface area (Å²) in [5.41, 5.74) is 0.522. The third-order valence-electron chi connectivity index (χ3n) is 5.37. The minimum atomic E-state index is -3.71. The molecular weight excluding hydrogens is 435 g/mol. The SMILES string of the molecule is Cc1nnnn1-c1ccc(F)c(NC(=O)c2cccc(S(=O)(=O)N3CCCCCC3)c2)c1. The van der Waals surface area contributed by atoms with Gasteiger partial charge in [-0.05, 0) is 66.6 Å². The van der Waals surface area contributed by atoms with Gasteiger partial charge in [0.2, 0.25) is 10.0 Å². The Hall–Kier alpha value is -3.18. The van der Waals surface area contributed by atoms with Gasteiger partial charge >= 0.3 is 0 Å². The van der Waals surface area contributed by atoms with Gasteiger partial charge in [0.1, 0.15) is 5.82 Å². The van der Waals surface area contributed by atoms with E-state index < -0.39 is 21.7 Å². The molecule has 0 spiro atoms. The highest BCUT2D eigenvalue weighted by Gasteiger charge is 2.26. The molecule has 0 aliphatic carbocycles. The number of anilines is 1. The highest BCUT2D eigenvalue weighted by molar-refractivity contribution is 7.89. The quantitative estimate of drug-likeness (QED) is 0.630. The molecule has 1 saturated heterocycles. The highest BCUT2D eigenvalue weighted by atomic mass is 32.2. The topological polar surface area (TPSA) is 110 Å². The Kier molecular flexibility index (Phi) is 6.28. The Labute approximate surface area is 185 Å². The van der Waals surface area contributed by atoms with Gasteiger partial charge in [0, 0.05) is 18.7 Å². The van der Waals surface area contributed by atoms with Crippen LogP contribution in [0.1, 0.15) is 41.9 Å². The zero-order valence-electron chi connectivity index (χ0n) is 17.5. The van der Waals surface area contributed by atoms with Gasteiger partial charge in [-0.1, -0.05) is 18.9 Å². The number of tetrazole rings is 1. The maximum absolute atomic E-state index is 14.4. The van der Waals surface area contributed by atoms with Crippen LogP contribution in [-0.2, 0) is 10.0 Å². The van der Waals surface area contributed by atoms with Crippen LogP contribution in [0, 0.1) is 12.7 Å². The van der Waals surface area contributed by atoms with Crippen molar-refractivity contribution < 1.29 is 17.6 Å². The van der Waals surface area contributed by atoms with E-state index >= 15 is 0 Å². The molecule has 0 radical (unpaired) electrons. The molecule has 1 fully saturated rings. The van der Waals surface area contributed by atoms with Gasteiger partial charge in [-0.2, -0.15) is 8.99 Å². The number of nitrogens with zero attached hydrogens (tertiary/aromatic N) is 5. The lowest BCUT2D eigenvalue weighted by Crippen LogP contribution is -2.32. The molecule has 32 heavy (non-hydrogen) atoms. The number of aryl methyl sites for hydroxylation is 1. The first-order chi connectivity index (χ1) is 15.4. The second-order valence-corrected chi connectivity index (χ2v) is 9.54. The number of nitrogens with one attached hydrogen (secondary N) is 1. The van der Waals surface area contributed by atoms with Crippen molar-refractivity contribution in [3.63, 3.8) is 0 Å². The number of hydrogen-bond donors (Lipinski definition) is 1. The van der Waals surface area contributed by atoms with E-state index in [4.69, 9.17) is 0 Å².